The molecule has 3 N–H and O–H groups in total. The normalized spacial score (nSPS) is 22.7. The summed E-state index contributed by atoms with van der Waals surface area (Å²) in [7, 11) is 0. The first-order chi connectivity index (χ1) is 14.3. The van der Waals surface area contributed by atoms with Crippen molar-refractivity contribution in [2.75, 3.05) is 10.2 Å². The quantitative estimate of drug-likeness (QED) is 0.808. The van der Waals surface area contributed by atoms with E-state index in [1.807, 2.05) is 17.9 Å². The Kier molecular flexibility index (Phi) is 4.94. The van der Waals surface area contributed by atoms with E-state index in [1.165, 1.54) is 6.07 Å². The molecule has 0 aromatic heterocycles. The molecule has 0 radical (unpaired) electrons. The van der Waals surface area contributed by atoms with Gasteiger partial charge in [0.1, 0.15) is 5.82 Å². The fourth-order valence-electron chi connectivity index (χ4n) is 4.59. The summed E-state index contributed by atoms with van der Waals surface area (Å²) in [4.78, 5) is 26.2. The van der Waals surface area contributed by atoms with Crippen LogP contribution in [0.5, 0.6) is 0 Å². The van der Waals surface area contributed by atoms with Crippen LogP contribution in [0.15, 0.2) is 36.4 Å². The number of fused-ring (bicyclic) bond motifs is 1. The largest absolute Gasteiger partial charge is 0.375 e. The average Bonchev–Trinajstić information content (AvgIpc) is 3.54. The SMILES string of the molecule is CC(=O)N1c2ccc(C(N)=O)cc2[C@H](Nc2ccc(C#N)cc2F)[C@@H](C)[C@@H]1C1CC1. The molecule has 0 saturated heterocycles. The minimum atomic E-state index is -0.563. The second kappa shape index (κ2) is 7.45. The van der Waals surface area contributed by atoms with E-state index in [1.54, 1.807) is 37.3 Å². The molecule has 1 saturated carbocycles. The van der Waals surface area contributed by atoms with Crippen LogP contribution < -0.4 is 16.0 Å². The Hall–Kier alpha value is -3.40. The zero-order chi connectivity index (χ0) is 21.6. The molecule has 0 unspecified atom stereocenters. The smallest absolute Gasteiger partial charge is 0.248 e. The molecular weight excluding hydrogens is 383 g/mol. The van der Waals surface area contributed by atoms with Crippen LogP contribution in [-0.2, 0) is 4.79 Å². The van der Waals surface area contributed by atoms with Crippen molar-refractivity contribution >= 4 is 23.2 Å². The fourth-order valence-corrected chi connectivity index (χ4v) is 4.59. The molecule has 2 aromatic rings. The number of primary amides is 1. The lowest BCUT2D eigenvalue weighted by Crippen LogP contribution is -2.51. The number of halogens is 1. The molecule has 1 heterocycles. The minimum Gasteiger partial charge on any atom is -0.375 e. The zero-order valence-corrected chi connectivity index (χ0v) is 16.9. The molecule has 30 heavy (non-hydrogen) atoms. The number of benzene rings is 2. The van der Waals surface area contributed by atoms with E-state index in [-0.39, 0.29) is 35.2 Å². The van der Waals surface area contributed by atoms with Gasteiger partial charge in [0.2, 0.25) is 11.8 Å². The molecule has 7 heteroatoms. The highest BCUT2D eigenvalue weighted by Gasteiger charge is 2.47. The Bertz CT molecular complexity index is 1070. The third-order valence-electron chi connectivity index (χ3n) is 6.12. The van der Waals surface area contributed by atoms with Crippen molar-refractivity contribution in [3.05, 3.63) is 58.9 Å². The van der Waals surface area contributed by atoms with Crippen LogP contribution in [-0.4, -0.2) is 17.9 Å². The molecule has 4 rings (SSSR count). The van der Waals surface area contributed by atoms with Crippen LogP contribution in [0.1, 0.15) is 54.2 Å². The number of carbonyl (C=O) groups is 2. The first kappa shape index (κ1) is 19.9. The summed E-state index contributed by atoms with van der Waals surface area (Å²) in [5, 5.41) is 12.3. The van der Waals surface area contributed by atoms with Gasteiger partial charge in [0.05, 0.1) is 23.4 Å². The number of nitriles is 1. The van der Waals surface area contributed by atoms with Crippen molar-refractivity contribution in [2.24, 2.45) is 17.6 Å². The number of hydrogen-bond acceptors (Lipinski definition) is 4. The number of nitrogens with one attached hydrogen (secondary N) is 1. The average molecular weight is 406 g/mol. The van der Waals surface area contributed by atoms with Crippen molar-refractivity contribution in [2.45, 2.75) is 38.8 Å². The second-order valence-corrected chi connectivity index (χ2v) is 8.14. The van der Waals surface area contributed by atoms with Gasteiger partial charge in [0, 0.05) is 30.1 Å². The van der Waals surface area contributed by atoms with Gasteiger partial charge in [-0.3, -0.25) is 9.59 Å². The van der Waals surface area contributed by atoms with Gasteiger partial charge >= 0.3 is 0 Å². The van der Waals surface area contributed by atoms with Crippen molar-refractivity contribution in [3.8, 4) is 6.07 Å². The van der Waals surface area contributed by atoms with Gasteiger partial charge in [-0.2, -0.15) is 5.26 Å². The lowest BCUT2D eigenvalue weighted by Gasteiger charge is -2.46. The van der Waals surface area contributed by atoms with E-state index < -0.39 is 11.7 Å². The first-order valence-electron chi connectivity index (χ1n) is 10.0. The molecule has 2 amide bonds. The number of nitrogens with two attached hydrogens (primary N) is 1. The molecule has 1 aliphatic carbocycles. The van der Waals surface area contributed by atoms with Crippen molar-refractivity contribution in [1.82, 2.24) is 0 Å². The highest BCUT2D eigenvalue weighted by atomic mass is 19.1. The van der Waals surface area contributed by atoms with E-state index in [0.29, 0.717) is 17.2 Å². The van der Waals surface area contributed by atoms with Gasteiger partial charge in [-0.15, -0.1) is 0 Å². The molecule has 0 spiro atoms. The summed E-state index contributed by atoms with van der Waals surface area (Å²) in [5.41, 5.74) is 7.78. The van der Waals surface area contributed by atoms with Gasteiger partial charge in [0.15, 0.2) is 0 Å². The second-order valence-electron chi connectivity index (χ2n) is 8.14. The monoisotopic (exact) mass is 406 g/mol. The molecule has 0 bridgehead atoms. The third kappa shape index (κ3) is 3.39. The van der Waals surface area contributed by atoms with E-state index in [2.05, 4.69) is 5.32 Å². The molecule has 154 valence electrons. The van der Waals surface area contributed by atoms with E-state index in [4.69, 9.17) is 11.0 Å². The Morgan fingerprint density at radius 3 is 2.53 bits per heavy atom. The molecule has 2 aromatic carbocycles. The maximum atomic E-state index is 14.6. The molecule has 1 fully saturated rings. The van der Waals surface area contributed by atoms with E-state index >= 15 is 0 Å². The van der Waals surface area contributed by atoms with Crippen LogP contribution in [0.2, 0.25) is 0 Å². The topological polar surface area (TPSA) is 99.2 Å². The summed E-state index contributed by atoms with van der Waals surface area (Å²) in [6, 6.07) is 10.9. The predicted octanol–water partition coefficient (Wildman–Crippen LogP) is 3.73. The van der Waals surface area contributed by atoms with Crippen LogP contribution in [0.4, 0.5) is 15.8 Å². The summed E-state index contributed by atoms with van der Waals surface area (Å²) >= 11 is 0. The summed E-state index contributed by atoms with van der Waals surface area (Å²) in [6.45, 7) is 3.58. The summed E-state index contributed by atoms with van der Waals surface area (Å²) < 4.78 is 14.6. The van der Waals surface area contributed by atoms with Crippen molar-refractivity contribution in [1.29, 1.82) is 5.26 Å². The number of carbonyl (C=O) groups excluding carboxylic acids is 2. The highest BCUT2D eigenvalue weighted by Crippen LogP contribution is 2.50. The fraction of sp³-hybridized carbons (Fsp3) is 0.348. The molecule has 1 aliphatic heterocycles. The van der Waals surface area contributed by atoms with Gasteiger partial charge in [-0.1, -0.05) is 6.92 Å². The number of anilines is 2. The minimum absolute atomic E-state index is 0.0200. The lowest BCUT2D eigenvalue weighted by atomic mass is 9.79. The lowest BCUT2D eigenvalue weighted by molar-refractivity contribution is -0.117. The molecule has 3 atom stereocenters. The van der Waals surface area contributed by atoms with Crippen molar-refractivity contribution in [3.63, 3.8) is 0 Å². The standard InChI is InChI=1S/C23H23FN4O2/c1-12-21(27-19-7-3-14(11-25)9-18(19)24)17-10-16(23(26)30)6-8-20(17)28(13(2)29)22(12)15-4-5-15/h3,6-10,12,15,21-22,27H,4-5H2,1-2H3,(H2,26,30)/t12-,21-,22-/m1/s1. The number of rotatable bonds is 4. The maximum absolute atomic E-state index is 14.6. The molecular formula is C23H23FN4O2. The molecule has 2 aliphatic rings. The van der Waals surface area contributed by atoms with Gasteiger partial charge in [-0.05, 0) is 60.7 Å². The number of nitrogens with zero attached hydrogens (tertiary/aromatic N) is 2. The van der Waals surface area contributed by atoms with Gasteiger partial charge < -0.3 is 16.0 Å². The van der Waals surface area contributed by atoms with E-state index in [9.17, 15) is 14.0 Å². The summed E-state index contributed by atoms with van der Waals surface area (Å²) in [6.07, 6.45) is 2.09. The van der Waals surface area contributed by atoms with Crippen molar-refractivity contribution < 1.29 is 14.0 Å². The highest BCUT2D eigenvalue weighted by molar-refractivity contribution is 5.97. The van der Waals surface area contributed by atoms with Crippen LogP contribution in [0.25, 0.3) is 0 Å². The predicted molar refractivity (Wildman–Crippen MR) is 111 cm³/mol. The van der Waals surface area contributed by atoms with Crippen LogP contribution in [0.3, 0.4) is 0 Å². The molecule has 6 nitrogen and oxygen atoms in total. The maximum Gasteiger partial charge on any atom is 0.248 e. The van der Waals surface area contributed by atoms with Gasteiger partial charge in [0.25, 0.3) is 0 Å². The Labute approximate surface area is 174 Å². The van der Waals surface area contributed by atoms with Crippen LogP contribution >= 0.6 is 0 Å². The number of amides is 2. The third-order valence-corrected chi connectivity index (χ3v) is 6.12. The Morgan fingerprint density at radius 1 is 1.23 bits per heavy atom. The summed E-state index contributed by atoms with van der Waals surface area (Å²) in [5.74, 6) is -0.789. The Balaban J connectivity index is 1.83. The van der Waals surface area contributed by atoms with Gasteiger partial charge in [-0.25, -0.2) is 4.39 Å². The first-order valence-corrected chi connectivity index (χ1v) is 10.0. The van der Waals surface area contributed by atoms with E-state index in [0.717, 1.165) is 18.4 Å². The number of hydrogen-bond donors (Lipinski definition) is 2. The van der Waals surface area contributed by atoms with Crippen LogP contribution in [0, 0.1) is 29.0 Å². The zero-order valence-electron chi connectivity index (χ0n) is 16.9. The Morgan fingerprint density at radius 2 is 1.97 bits per heavy atom.